The van der Waals surface area contributed by atoms with Gasteiger partial charge in [0.15, 0.2) is 5.69 Å². The molecule has 2 heterocycles. The fourth-order valence-electron chi connectivity index (χ4n) is 2.56. The van der Waals surface area contributed by atoms with Crippen LogP contribution in [0.3, 0.4) is 0 Å². The number of nitrogens with zero attached hydrogens (tertiary/aromatic N) is 3. The molecule has 2 atom stereocenters. The molecule has 0 spiro atoms. The second kappa shape index (κ2) is 6.04. The Labute approximate surface area is 121 Å². The van der Waals surface area contributed by atoms with Gasteiger partial charge in [0.2, 0.25) is 5.82 Å². The number of ether oxygens (including phenoxy) is 1. The molecule has 114 valence electrons. The summed E-state index contributed by atoms with van der Waals surface area (Å²) in [5, 5.41) is 20.7. The number of carbonyl (C=O) groups excluding carboxylic acids is 1. The summed E-state index contributed by atoms with van der Waals surface area (Å²) in [6.45, 7) is 2.39. The fraction of sp³-hybridized carbons (Fsp3) is 0.538. The van der Waals surface area contributed by atoms with Gasteiger partial charge in [-0.1, -0.05) is 6.92 Å². The first-order chi connectivity index (χ1) is 9.99. The van der Waals surface area contributed by atoms with Crippen molar-refractivity contribution in [3.05, 3.63) is 27.9 Å². The summed E-state index contributed by atoms with van der Waals surface area (Å²) in [6.07, 6.45) is 0.798. The van der Waals surface area contributed by atoms with Crippen molar-refractivity contribution >= 4 is 17.5 Å². The quantitative estimate of drug-likeness (QED) is 0.501. The number of aliphatic hydroxyl groups is 1. The predicted molar refractivity (Wildman–Crippen MR) is 74.2 cm³/mol. The van der Waals surface area contributed by atoms with Crippen molar-refractivity contribution in [2.75, 3.05) is 25.2 Å². The van der Waals surface area contributed by atoms with Crippen LogP contribution in [0.25, 0.3) is 0 Å². The lowest BCUT2D eigenvalue weighted by molar-refractivity contribution is -0.384. The minimum atomic E-state index is -0.654. The fourth-order valence-corrected chi connectivity index (χ4v) is 2.56. The number of nitro groups is 1. The topological polar surface area (TPSA) is 106 Å². The van der Waals surface area contributed by atoms with Gasteiger partial charge in [-0.3, -0.25) is 10.1 Å². The van der Waals surface area contributed by atoms with Gasteiger partial charge in [-0.05, 0) is 18.4 Å². The molecular formula is C13H17N3O5. The largest absolute Gasteiger partial charge is 0.464 e. The Morgan fingerprint density at radius 3 is 2.90 bits per heavy atom. The van der Waals surface area contributed by atoms with Crippen molar-refractivity contribution in [3.8, 4) is 0 Å². The summed E-state index contributed by atoms with van der Waals surface area (Å²) in [5.74, 6) is -0.358. The molecule has 1 saturated heterocycles. The minimum Gasteiger partial charge on any atom is -0.464 e. The van der Waals surface area contributed by atoms with E-state index in [1.54, 1.807) is 4.90 Å². The minimum absolute atomic E-state index is 0.00865. The van der Waals surface area contributed by atoms with Gasteiger partial charge in [0.05, 0.1) is 24.7 Å². The molecule has 1 aromatic rings. The van der Waals surface area contributed by atoms with E-state index in [1.807, 2.05) is 6.92 Å². The zero-order valence-corrected chi connectivity index (χ0v) is 11.9. The van der Waals surface area contributed by atoms with E-state index >= 15 is 0 Å². The Hall–Kier alpha value is -2.22. The maximum Gasteiger partial charge on any atom is 0.356 e. The van der Waals surface area contributed by atoms with Gasteiger partial charge in [-0.2, -0.15) is 0 Å². The van der Waals surface area contributed by atoms with E-state index in [4.69, 9.17) is 0 Å². The van der Waals surface area contributed by atoms with E-state index in [0.717, 1.165) is 6.42 Å². The smallest absolute Gasteiger partial charge is 0.356 e. The van der Waals surface area contributed by atoms with Crippen molar-refractivity contribution < 1.29 is 19.6 Å². The van der Waals surface area contributed by atoms with Crippen molar-refractivity contribution in [1.29, 1.82) is 0 Å². The first-order valence-corrected chi connectivity index (χ1v) is 6.60. The number of pyridine rings is 1. The molecule has 0 radical (unpaired) electrons. The van der Waals surface area contributed by atoms with Gasteiger partial charge in [0.1, 0.15) is 0 Å². The lowest BCUT2D eigenvalue weighted by Crippen LogP contribution is -2.36. The van der Waals surface area contributed by atoms with Crippen LogP contribution in [-0.2, 0) is 4.74 Å². The van der Waals surface area contributed by atoms with Crippen LogP contribution in [0.4, 0.5) is 11.5 Å². The van der Waals surface area contributed by atoms with Crippen LogP contribution in [0.2, 0.25) is 0 Å². The molecule has 0 amide bonds. The standard InChI is InChI=1S/C13H17N3O5/c1-8-5-6-15(11(8)7-17)12-10(16(19)20)4-3-9(14-12)13(18)21-2/h3-4,8,11,17H,5-7H2,1-2H3. The van der Waals surface area contributed by atoms with Crippen LogP contribution in [0.1, 0.15) is 23.8 Å². The van der Waals surface area contributed by atoms with Crippen LogP contribution in [0.5, 0.6) is 0 Å². The molecule has 0 aromatic carbocycles. The van der Waals surface area contributed by atoms with Crippen LogP contribution in [-0.4, -0.2) is 47.3 Å². The van der Waals surface area contributed by atoms with Crippen molar-refractivity contribution in [2.24, 2.45) is 5.92 Å². The van der Waals surface area contributed by atoms with Gasteiger partial charge < -0.3 is 14.7 Å². The third-order valence-electron chi connectivity index (χ3n) is 3.79. The summed E-state index contributed by atoms with van der Waals surface area (Å²) in [6, 6.07) is 2.26. The maximum atomic E-state index is 11.6. The molecular weight excluding hydrogens is 278 g/mol. The second-order valence-electron chi connectivity index (χ2n) is 5.00. The van der Waals surface area contributed by atoms with E-state index in [1.165, 1.54) is 19.2 Å². The number of hydrogen-bond donors (Lipinski definition) is 1. The summed E-state index contributed by atoms with van der Waals surface area (Å²) < 4.78 is 4.59. The normalized spacial score (nSPS) is 21.4. The molecule has 2 unspecified atom stereocenters. The highest BCUT2D eigenvalue weighted by Crippen LogP contribution is 2.34. The molecule has 2 rings (SSSR count). The van der Waals surface area contributed by atoms with Crippen molar-refractivity contribution in [2.45, 2.75) is 19.4 Å². The third-order valence-corrected chi connectivity index (χ3v) is 3.79. The highest BCUT2D eigenvalue weighted by molar-refractivity contribution is 5.88. The molecule has 1 aliphatic rings. The lowest BCUT2D eigenvalue weighted by atomic mass is 10.0. The van der Waals surface area contributed by atoms with Crippen molar-refractivity contribution in [1.82, 2.24) is 4.98 Å². The molecule has 8 nitrogen and oxygen atoms in total. The maximum absolute atomic E-state index is 11.6. The predicted octanol–water partition coefficient (Wildman–Crippen LogP) is 0.983. The first-order valence-electron chi connectivity index (χ1n) is 6.60. The van der Waals surface area contributed by atoms with Crippen molar-refractivity contribution in [3.63, 3.8) is 0 Å². The molecule has 1 aromatic heterocycles. The zero-order valence-electron chi connectivity index (χ0n) is 11.9. The molecule has 8 heteroatoms. The second-order valence-corrected chi connectivity index (χ2v) is 5.00. The lowest BCUT2D eigenvalue weighted by Gasteiger charge is -2.26. The van der Waals surface area contributed by atoms with Gasteiger partial charge in [0.25, 0.3) is 0 Å². The molecule has 21 heavy (non-hydrogen) atoms. The molecule has 1 fully saturated rings. The summed E-state index contributed by atoms with van der Waals surface area (Å²) >= 11 is 0. The van der Waals surface area contributed by atoms with Crippen LogP contribution >= 0.6 is 0 Å². The number of hydrogen-bond acceptors (Lipinski definition) is 7. The van der Waals surface area contributed by atoms with Gasteiger partial charge in [0, 0.05) is 12.6 Å². The average molecular weight is 295 g/mol. The Kier molecular flexibility index (Phi) is 4.37. The number of carbonyl (C=O) groups is 1. The van der Waals surface area contributed by atoms with E-state index in [-0.39, 0.29) is 35.8 Å². The summed E-state index contributed by atoms with van der Waals surface area (Å²) in [7, 11) is 1.22. The van der Waals surface area contributed by atoms with E-state index in [0.29, 0.717) is 6.54 Å². The van der Waals surface area contributed by atoms with Crippen LogP contribution in [0.15, 0.2) is 12.1 Å². The highest BCUT2D eigenvalue weighted by Gasteiger charge is 2.35. The highest BCUT2D eigenvalue weighted by atomic mass is 16.6. The number of aromatic nitrogens is 1. The Morgan fingerprint density at radius 2 is 2.33 bits per heavy atom. The average Bonchev–Trinajstić information content (AvgIpc) is 2.86. The molecule has 0 bridgehead atoms. The number of methoxy groups -OCH3 is 1. The Bertz CT molecular complexity index is 563. The third kappa shape index (κ3) is 2.80. The number of esters is 1. The molecule has 0 saturated carbocycles. The molecule has 1 aliphatic heterocycles. The van der Waals surface area contributed by atoms with Gasteiger partial charge in [-0.15, -0.1) is 0 Å². The van der Waals surface area contributed by atoms with Crippen LogP contribution in [0, 0.1) is 16.0 Å². The van der Waals surface area contributed by atoms with E-state index < -0.39 is 10.9 Å². The number of anilines is 1. The van der Waals surface area contributed by atoms with Crippen LogP contribution < -0.4 is 4.90 Å². The summed E-state index contributed by atoms with van der Waals surface area (Å²) in [5.41, 5.74) is -0.176. The number of aliphatic hydroxyl groups excluding tert-OH is 1. The van der Waals surface area contributed by atoms with Gasteiger partial charge in [-0.25, -0.2) is 9.78 Å². The SMILES string of the molecule is COC(=O)c1ccc([N+](=O)[O-])c(N2CCC(C)C2CO)n1. The number of rotatable bonds is 4. The monoisotopic (exact) mass is 295 g/mol. The molecule has 0 aliphatic carbocycles. The zero-order chi connectivity index (χ0) is 15.6. The Morgan fingerprint density at radius 1 is 1.62 bits per heavy atom. The Balaban J connectivity index is 2.48. The van der Waals surface area contributed by atoms with Gasteiger partial charge >= 0.3 is 11.7 Å². The van der Waals surface area contributed by atoms with E-state index in [2.05, 4.69) is 9.72 Å². The summed E-state index contributed by atoms with van der Waals surface area (Å²) in [4.78, 5) is 27.9. The van der Waals surface area contributed by atoms with E-state index in [9.17, 15) is 20.0 Å². The first kappa shape index (κ1) is 15.2. The molecule has 1 N–H and O–H groups in total.